The number of benzene rings is 2. The molecule has 0 bridgehead atoms. The highest BCUT2D eigenvalue weighted by molar-refractivity contribution is 9.10. The fourth-order valence-electron chi connectivity index (χ4n) is 3.56. The molecule has 0 spiro atoms. The highest BCUT2D eigenvalue weighted by Crippen LogP contribution is 2.28. The number of halogens is 1. The summed E-state index contributed by atoms with van der Waals surface area (Å²) >= 11 is 3.64. The topological polar surface area (TPSA) is 46.5 Å². The Balaban J connectivity index is 1.73. The molecule has 0 saturated carbocycles. The van der Waals surface area contributed by atoms with Gasteiger partial charge in [-0.15, -0.1) is 0 Å². The summed E-state index contributed by atoms with van der Waals surface area (Å²) in [4.78, 5) is 4.42. The van der Waals surface area contributed by atoms with Gasteiger partial charge < -0.3 is 9.13 Å². The van der Waals surface area contributed by atoms with Crippen LogP contribution in [0.25, 0.3) is 22.8 Å². The van der Waals surface area contributed by atoms with E-state index in [1.165, 1.54) is 0 Å². The smallest absolute Gasteiger partial charge is 0.0966 e. The Morgan fingerprint density at radius 2 is 1.89 bits per heavy atom. The molecule has 2 aromatic carbocycles. The molecule has 0 aliphatic heterocycles. The fraction of sp³-hybridized carbons (Fsp3) is 0.130. The molecule has 0 amide bonds. The molecule has 28 heavy (non-hydrogen) atoms. The van der Waals surface area contributed by atoms with E-state index in [2.05, 4.69) is 57.5 Å². The molecule has 0 aliphatic rings. The number of aryl methyl sites for hydroxylation is 1. The van der Waals surface area contributed by atoms with E-state index < -0.39 is 0 Å². The van der Waals surface area contributed by atoms with Crippen molar-refractivity contribution in [3.8, 4) is 11.8 Å². The predicted molar refractivity (Wildman–Crippen MR) is 116 cm³/mol. The first-order chi connectivity index (χ1) is 13.6. The average Bonchev–Trinajstić information content (AvgIpc) is 3.23. The summed E-state index contributed by atoms with van der Waals surface area (Å²) in [5, 5.41) is 9.72. The van der Waals surface area contributed by atoms with Crippen molar-refractivity contribution in [2.24, 2.45) is 0 Å². The maximum atomic E-state index is 9.72. The number of rotatable bonds is 4. The predicted octanol–water partition coefficient (Wildman–Crippen LogP) is 5.81. The van der Waals surface area contributed by atoms with E-state index in [1.807, 2.05) is 53.1 Å². The monoisotopic (exact) mass is 430 g/mol. The van der Waals surface area contributed by atoms with Crippen molar-refractivity contribution in [2.45, 2.75) is 20.4 Å². The van der Waals surface area contributed by atoms with Crippen LogP contribution >= 0.6 is 15.9 Å². The van der Waals surface area contributed by atoms with Gasteiger partial charge in [0.05, 0.1) is 35.7 Å². The van der Waals surface area contributed by atoms with Gasteiger partial charge in [0.25, 0.3) is 0 Å². The van der Waals surface area contributed by atoms with Crippen molar-refractivity contribution in [3.63, 3.8) is 0 Å². The van der Waals surface area contributed by atoms with Crippen LogP contribution in [-0.2, 0) is 6.54 Å². The van der Waals surface area contributed by atoms with Gasteiger partial charge in [-0.1, -0.05) is 24.3 Å². The van der Waals surface area contributed by atoms with Crippen LogP contribution in [0, 0.1) is 25.2 Å². The van der Waals surface area contributed by atoms with Crippen LogP contribution in [0.1, 0.15) is 17.0 Å². The lowest BCUT2D eigenvalue weighted by molar-refractivity contribution is 0.830. The molecule has 0 aliphatic carbocycles. The van der Waals surface area contributed by atoms with Crippen molar-refractivity contribution >= 4 is 33.0 Å². The Bertz CT molecular complexity index is 1240. The van der Waals surface area contributed by atoms with Crippen LogP contribution in [0.15, 0.2) is 71.0 Å². The molecule has 5 heteroatoms. The van der Waals surface area contributed by atoms with Crippen LogP contribution in [0.5, 0.6) is 0 Å². The quantitative estimate of drug-likeness (QED) is 0.383. The molecule has 0 unspecified atom stereocenters. The molecule has 0 atom stereocenters. The van der Waals surface area contributed by atoms with Gasteiger partial charge >= 0.3 is 0 Å². The molecule has 138 valence electrons. The van der Waals surface area contributed by atoms with E-state index >= 15 is 0 Å². The molecule has 4 nitrogen and oxygen atoms in total. The molecular formula is C23H19BrN4. The molecule has 4 rings (SSSR count). The summed E-state index contributed by atoms with van der Waals surface area (Å²) in [5.41, 5.74) is 7.03. The number of hydrogen-bond donors (Lipinski definition) is 0. The maximum Gasteiger partial charge on any atom is 0.0966 e. The lowest BCUT2D eigenvalue weighted by atomic mass is 10.1. The largest absolute Gasteiger partial charge is 0.325 e. The van der Waals surface area contributed by atoms with Gasteiger partial charge in [-0.25, -0.2) is 4.98 Å². The first-order valence-electron chi connectivity index (χ1n) is 9.03. The second-order valence-electron chi connectivity index (χ2n) is 6.76. The minimum Gasteiger partial charge on any atom is -0.325 e. The zero-order valence-electron chi connectivity index (χ0n) is 15.7. The Kier molecular flexibility index (Phi) is 4.89. The Morgan fingerprint density at radius 1 is 1.14 bits per heavy atom. The molecule has 2 aromatic heterocycles. The van der Waals surface area contributed by atoms with Gasteiger partial charge in [-0.2, -0.15) is 5.26 Å². The van der Waals surface area contributed by atoms with Crippen LogP contribution in [0.4, 0.5) is 0 Å². The number of hydrogen-bond acceptors (Lipinski definition) is 2. The SMILES string of the molecule is Cc1cc(/C=C(/C#N)Cn2cnc3ccccc32)c(C)n1-c1ccccc1Br. The Hall–Kier alpha value is -3.10. The van der Waals surface area contributed by atoms with E-state index in [4.69, 9.17) is 0 Å². The van der Waals surface area contributed by atoms with E-state index in [9.17, 15) is 5.26 Å². The van der Waals surface area contributed by atoms with E-state index in [1.54, 1.807) is 6.33 Å². The number of imidazole rings is 1. The first kappa shape index (κ1) is 18.3. The van der Waals surface area contributed by atoms with Gasteiger partial charge in [0, 0.05) is 21.4 Å². The number of fused-ring (bicyclic) bond motifs is 1. The normalized spacial score (nSPS) is 11.7. The number of para-hydroxylation sites is 3. The molecule has 2 heterocycles. The van der Waals surface area contributed by atoms with Crippen molar-refractivity contribution in [2.75, 3.05) is 0 Å². The van der Waals surface area contributed by atoms with Gasteiger partial charge in [-0.3, -0.25) is 0 Å². The van der Waals surface area contributed by atoms with Gasteiger partial charge in [0.15, 0.2) is 0 Å². The second-order valence-corrected chi connectivity index (χ2v) is 7.61. The lowest BCUT2D eigenvalue weighted by Gasteiger charge is -2.11. The second kappa shape index (κ2) is 7.49. The lowest BCUT2D eigenvalue weighted by Crippen LogP contribution is -2.00. The zero-order valence-corrected chi connectivity index (χ0v) is 17.3. The van der Waals surface area contributed by atoms with Crippen molar-refractivity contribution < 1.29 is 0 Å². The number of nitriles is 1. The van der Waals surface area contributed by atoms with Crippen molar-refractivity contribution in [1.82, 2.24) is 14.1 Å². The van der Waals surface area contributed by atoms with E-state index in [0.717, 1.165) is 38.1 Å². The van der Waals surface area contributed by atoms with Crippen LogP contribution in [0.3, 0.4) is 0 Å². The van der Waals surface area contributed by atoms with Crippen molar-refractivity contribution in [3.05, 3.63) is 87.9 Å². The summed E-state index contributed by atoms with van der Waals surface area (Å²) in [6.45, 7) is 4.66. The molecule has 0 saturated heterocycles. The standard InChI is InChI=1S/C23H19BrN4/c1-16-11-19(17(2)28(16)22-9-5-3-7-20(22)24)12-18(13-25)14-27-15-26-21-8-4-6-10-23(21)27/h3-12,15H,14H2,1-2H3/b18-12-. The highest BCUT2D eigenvalue weighted by atomic mass is 79.9. The Labute approximate surface area is 172 Å². The molecule has 0 N–H and O–H groups in total. The first-order valence-corrected chi connectivity index (χ1v) is 9.82. The third-order valence-corrected chi connectivity index (χ3v) is 5.58. The third kappa shape index (κ3) is 3.28. The minimum absolute atomic E-state index is 0.496. The summed E-state index contributed by atoms with van der Waals surface area (Å²) in [5.74, 6) is 0. The Morgan fingerprint density at radius 3 is 2.68 bits per heavy atom. The van der Waals surface area contributed by atoms with Gasteiger partial charge in [0.1, 0.15) is 0 Å². The highest BCUT2D eigenvalue weighted by Gasteiger charge is 2.12. The summed E-state index contributed by atoms with van der Waals surface area (Å²) in [6, 6.07) is 20.6. The van der Waals surface area contributed by atoms with Crippen LogP contribution < -0.4 is 0 Å². The summed E-state index contributed by atoms with van der Waals surface area (Å²) < 4.78 is 5.26. The van der Waals surface area contributed by atoms with Crippen LogP contribution in [-0.4, -0.2) is 14.1 Å². The third-order valence-electron chi connectivity index (χ3n) is 4.91. The van der Waals surface area contributed by atoms with E-state index in [0.29, 0.717) is 12.1 Å². The van der Waals surface area contributed by atoms with Gasteiger partial charge in [-0.05, 0) is 71.7 Å². The summed E-state index contributed by atoms with van der Waals surface area (Å²) in [7, 11) is 0. The minimum atomic E-state index is 0.496. The maximum absolute atomic E-state index is 9.72. The number of nitrogens with zero attached hydrogens (tertiary/aromatic N) is 4. The fourth-order valence-corrected chi connectivity index (χ4v) is 4.02. The number of aromatic nitrogens is 3. The van der Waals surface area contributed by atoms with Crippen molar-refractivity contribution in [1.29, 1.82) is 5.26 Å². The summed E-state index contributed by atoms with van der Waals surface area (Å²) in [6.07, 6.45) is 3.77. The molecule has 4 aromatic rings. The zero-order chi connectivity index (χ0) is 19.7. The van der Waals surface area contributed by atoms with E-state index in [-0.39, 0.29) is 0 Å². The molecule has 0 fully saturated rings. The number of allylic oxidation sites excluding steroid dienone is 1. The average molecular weight is 431 g/mol. The molecule has 0 radical (unpaired) electrons. The van der Waals surface area contributed by atoms with Gasteiger partial charge in [0.2, 0.25) is 0 Å². The van der Waals surface area contributed by atoms with Crippen LogP contribution in [0.2, 0.25) is 0 Å². The molecular weight excluding hydrogens is 412 g/mol.